The van der Waals surface area contributed by atoms with Crippen LogP contribution in [-0.2, 0) is 19.8 Å². The number of amides is 3. The van der Waals surface area contributed by atoms with Gasteiger partial charge >= 0.3 is 0 Å². The topological polar surface area (TPSA) is 57.7 Å². The lowest BCUT2D eigenvalue weighted by Gasteiger charge is -2.32. The zero-order chi connectivity index (χ0) is 38.7. The molecule has 50 heavy (non-hydrogen) atoms. The first-order valence-electron chi connectivity index (χ1n) is 15.5. The maximum absolute atomic E-state index is 13.2. The van der Waals surface area contributed by atoms with Gasteiger partial charge in [0.2, 0.25) is 17.7 Å². The number of halogens is 8. The zero-order valence-corrected chi connectivity index (χ0v) is 30.1. The minimum Gasteiger partial charge on any atom is -0.312 e. The van der Waals surface area contributed by atoms with Crippen molar-refractivity contribution in [3.05, 3.63) is 81.6 Å². The van der Waals surface area contributed by atoms with Gasteiger partial charge in [0.15, 0.2) is 46.5 Å². The van der Waals surface area contributed by atoms with Crippen LogP contribution >= 0.6 is 0 Å². The van der Waals surface area contributed by atoms with Crippen LogP contribution in [0.3, 0.4) is 0 Å². The van der Waals surface area contributed by atoms with E-state index in [9.17, 15) is 49.5 Å². The summed E-state index contributed by atoms with van der Waals surface area (Å²) in [5.74, 6) is -11.5. The largest absolute Gasteiger partial charge is 0.312 e. The van der Waals surface area contributed by atoms with Gasteiger partial charge in [-0.15, -0.1) is 0 Å². The van der Waals surface area contributed by atoms with Gasteiger partial charge in [0, 0.05) is 46.7 Å². The quantitative estimate of drug-likeness (QED) is 0.118. The average molecular weight is 723 g/mol. The fraction of sp³-hybridized carbons (Fsp3) is 0.541. The summed E-state index contributed by atoms with van der Waals surface area (Å²) >= 11 is 0. The third-order valence-corrected chi connectivity index (χ3v) is 7.52. The highest BCUT2D eigenvalue weighted by molar-refractivity contribution is 6.04. The number of carbonyl (C=O) groups excluding carboxylic acids is 3. The van der Waals surface area contributed by atoms with Gasteiger partial charge in [-0.25, -0.2) is 35.1 Å². The molecule has 0 N–H and O–H groups in total. The van der Waals surface area contributed by atoms with Gasteiger partial charge in [0.25, 0.3) is 0 Å². The Morgan fingerprint density at radius 2 is 1.02 bits per heavy atom. The van der Waals surface area contributed by atoms with Gasteiger partial charge in [-0.1, -0.05) is 41.7 Å². The summed E-state index contributed by atoms with van der Waals surface area (Å²) in [6.07, 6.45) is 1.84. The smallest absolute Gasteiger partial charge is 0.233 e. The summed E-state index contributed by atoms with van der Waals surface area (Å²) in [5, 5.41) is 0. The van der Waals surface area contributed by atoms with Crippen LogP contribution in [-0.4, -0.2) is 38.6 Å². The molecule has 0 aromatic heterocycles. The fourth-order valence-corrected chi connectivity index (χ4v) is 4.96. The van der Waals surface area contributed by atoms with Crippen LogP contribution in [0.5, 0.6) is 0 Å². The Kier molecular flexibility index (Phi) is 15.7. The van der Waals surface area contributed by atoms with Gasteiger partial charge in [0.1, 0.15) is 0 Å². The predicted molar refractivity (Wildman–Crippen MR) is 178 cm³/mol. The SMILES string of the molecule is C.C=C1CCC(=O)N1C(C)(C)C.CC(C)(C)c1cc(F)c(F)c(F)c1F.CC1CC(=O)N(C(C)(C)C)C1=O.Cc1c(F)c(F)c(C)c(F)c1F. The molecular weight excluding hydrogens is 672 g/mol. The molecule has 2 heterocycles. The Morgan fingerprint density at radius 1 is 0.620 bits per heavy atom. The lowest BCUT2D eigenvalue weighted by atomic mass is 9.86. The molecule has 13 heteroatoms. The Morgan fingerprint density at radius 3 is 1.26 bits per heavy atom. The van der Waals surface area contributed by atoms with E-state index in [2.05, 4.69) is 6.58 Å². The lowest BCUT2D eigenvalue weighted by Crippen LogP contribution is -2.45. The van der Waals surface area contributed by atoms with E-state index in [4.69, 9.17) is 0 Å². The number of benzene rings is 2. The summed E-state index contributed by atoms with van der Waals surface area (Å²) in [7, 11) is 0. The number of imide groups is 1. The number of carbonyl (C=O) groups is 3. The van der Waals surface area contributed by atoms with E-state index in [-0.39, 0.29) is 47.7 Å². The molecule has 2 saturated heterocycles. The Bertz CT molecular complexity index is 1480. The van der Waals surface area contributed by atoms with Gasteiger partial charge < -0.3 is 4.90 Å². The molecule has 282 valence electrons. The first-order valence-corrected chi connectivity index (χ1v) is 15.5. The van der Waals surface area contributed by atoms with Crippen molar-refractivity contribution >= 4 is 17.7 Å². The monoisotopic (exact) mass is 722 g/mol. The lowest BCUT2D eigenvalue weighted by molar-refractivity contribution is -0.144. The molecule has 0 bridgehead atoms. The normalized spacial score (nSPS) is 16.3. The molecule has 4 rings (SSSR count). The van der Waals surface area contributed by atoms with Crippen molar-refractivity contribution in [1.82, 2.24) is 9.80 Å². The second-order valence-corrected chi connectivity index (χ2v) is 14.9. The van der Waals surface area contributed by atoms with E-state index in [1.807, 2.05) is 41.5 Å². The molecule has 2 aliphatic heterocycles. The standard InChI is InChI=1S/C10H10F4.C9H15NO2.C9H15NO.C8H6F4.CH4/c1-10(2,3)5-4-6(11)8(13)9(14)7(5)12;1-6-5-7(11)10(8(6)12)9(2,3)4;1-7-5-6-8(11)10(7)9(2,3)4;1-3-5(9)7(11)4(2)8(12)6(3)10;/h4H,1-3H3;6H,5H2,1-4H3;1,5-6H2,2-4H3;1-2H3;1H4. The minimum atomic E-state index is -1.77. The summed E-state index contributed by atoms with van der Waals surface area (Å²) in [5.41, 5.74) is -1.69. The van der Waals surface area contributed by atoms with Crippen LogP contribution in [0, 0.1) is 66.3 Å². The summed E-state index contributed by atoms with van der Waals surface area (Å²) in [4.78, 5) is 37.3. The predicted octanol–water partition coefficient (Wildman–Crippen LogP) is 10.1. The molecule has 0 saturated carbocycles. The Labute approximate surface area is 290 Å². The van der Waals surface area contributed by atoms with Crippen molar-refractivity contribution in [1.29, 1.82) is 0 Å². The van der Waals surface area contributed by atoms with Crippen molar-refractivity contribution in [2.75, 3.05) is 0 Å². The fourth-order valence-electron chi connectivity index (χ4n) is 4.96. The molecule has 0 spiro atoms. The number of nitrogens with zero attached hydrogens (tertiary/aromatic N) is 2. The van der Waals surface area contributed by atoms with Crippen molar-refractivity contribution in [3.63, 3.8) is 0 Å². The van der Waals surface area contributed by atoms with Gasteiger partial charge in [-0.3, -0.25) is 19.3 Å². The summed E-state index contributed by atoms with van der Waals surface area (Å²) < 4.78 is 102. The number of hydrogen-bond donors (Lipinski definition) is 0. The summed E-state index contributed by atoms with van der Waals surface area (Å²) in [6, 6.07) is 0.688. The van der Waals surface area contributed by atoms with Crippen LogP contribution in [0.25, 0.3) is 0 Å². The highest BCUT2D eigenvalue weighted by Gasteiger charge is 2.41. The van der Waals surface area contributed by atoms with Crippen LogP contribution in [0.1, 0.15) is 113 Å². The average Bonchev–Trinajstić information content (AvgIpc) is 3.45. The first kappa shape index (κ1) is 46.2. The van der Waals surface area contributed by atoms with Crippen LogP contribution in [0.4, 0.5) is 35.1 Å². The van der Waals surface area contributed by atoms with Gasteiger partial charge in [-0.05, 0) is 78.9 Å². The third kappa shape index (κ3) is 10.9. The van der Waals surface area contributed by atoms with Crippen molar-refractivity contribution < 1.29 is 49.5 Å². The van der Waals surface area contributed by atoms with E-state index < -0.39 is 63.1 Å². The molecule has 5 nitrogen and oxygen atoms in total. The second kappa shape index (κ2) is 17.0. The number of allylic oxidation sites excluding steroid dienone is 1. The molecule has 2 aliphatic rings. The number of hydrogen-bond acceptors (Lipinski definition) is 3. The molecule has 1 atom stereocenters. The number of likely N-dealkylation sites (tertiary alicyclic amines) is 2. The second-order valence-electron chi connectivity index (χ2n) is 14.9. The zero-order valence-electron chi connectivity index (χ0n) is 30.1. The molecule has 0 aliphatic carbocycles. The van der Waals surface area contributed by atoms with Gasteiger partial charge in [-0.2, -0.15) is 0 Å². The van der Waals surface area contributed by atoms with Crippen LogP contribution < -0.4 is 0 Å². The van der Waals surface area contributed by atoms with E-state index in [0.29, 0.717) is 18.9 Å². The minimum absolute atomic E-state index is 0. The van der Waals surface area contributed by atoms with E-state index in [1.165, 1.54) is 4.90 Å². The first-order chi connectivity index (χ1) is 22.0. The Balaban J connectivity index is 0.000000638. The van der Waals surface area contributed by atoms with E-state index in [1.54, 1.807) is 32.6 Å². The highest BCUT2D eigenvalue weighted by Crippen LogP contribution is 2.30. The van der Waals surface area contributed by atoms with Crippen molar-refractivity contribution in [2.45, 2.75) is 126 Å². The molecule has 3 amide bonds. The number of rotatable bonds is 0. The molecule has 2 fully saturated rings. The third-order valence-electron chi connectivity index (χ3n) is 7.52. The van der Waals surface area contributed by atoms with Crippen LogP contribution in [0.2, 0.25) is 0 Å². The van der Waals surface area contributed by atoms with Gasteiger partial charge in [0.05, 0.1) is 0 Å². The summed E-state index contributed by atoms with van der Waals surface area (Å²) in [6.45, 7) is 24.1. The van der Waals surface area contributed by atoms with Crippen LogP contribution in [0.15, 0.2) is 18.3 Å². The maximum atomic E-state index is 13.2. The molecule has 0 radical (unpaired) electrons. The van der Waals surface area contributed by atoms with E-state index in [0.717, 1.165) is 26.0 Å². The highest BCUT2D eigenvalue weighted by atomic mass is 19.2. The van der Waals surface area contributed by atoms with Crippen molar-refractivity contribution in [3.8, 4) is 0 Å². The Hall–Kier alpha value is -3.77. The van der Waals surface area contributed by atoms with Crippen molar-refractivity contribution in [2.24, 2.45) is 5.92 Å². The maximum Gasteiger partial charge on any atom is 0.233 e. The molecular formula is C37H50F8N2O3. The molecule has 2 aromatic rings. The molecule has 1 unspecified atom stereocenters. The van der Waals surface area contributed by atoms with E-state index >= 15 is 0 Å². The molecule has 2 aromatic carbocycles.